The molecule has 1 aromatic carbocycles. The van der Waals surface area contributed by atoms with Crippen LogP contribution in [-0.4, -0.2) is 35.2 Å². The molecule has 0 bridgehead atoms. The molecule has 2 rings (SSSR count). The molecule has 0 radical (unpaired) electrons. The Morgan fingerprint density at radius 1 is 1.15 bits per heavy atom. The van der Waals surface area contributed by atoms with Gasteiger partial charge in [-0.05, 0) is 77.3 Å². The summed E-state index contributed by atoms with van der Waals surface area (Å²) in [7, 11) is 0. The van der Waals surface area contributed by atoms with Crippen molar-refractivity contribution in [3.05, 3.63) is 29.3 Å². The Balaban J connectivity index is 1.90. The number of aryl methyl sites for hydroxylation is 1. The largest absolute Gasteiger partial charge is 0.490 e. The lowest BCUT2D eigenvalue weighted by atomic mass is 9.93. The first kappa shape index (κ1) is 20.6. The second-order valence-electron chi connectivity index (χ2n) is 7.73. The number of hydrogen-bond acceptors (Lipinski definition) is 5. The number of rotatable bonds is 4. The highest BCUT2D eigenvalue weighted by molar-refractivity contribution is 8.13. The highest BCUT2D eigenvalue weighted by Gasteiger charge is 2.26. The Morgan fingerprint density at radius 3 is 2.38 bits per heavy atom. The Hall–Kier alpha value is -1.69. The summed E-state index contributed by atoms with van der Waals surface area (Å²) in [4.78, 5) is 24.0. The quantitative estimate of drug-likeness (QED) is 0.820. The van der Waals surface area contributed by atoms with E-state index in [-0.39, 0.29) is 23.4 Å². The zero-order chi connectivity index (χ0) is 19.3. The van der Waals surface area contributed by atoms with Crippen molar-refractivity contribution in [2.75, 3.05) is 6.26 Å². The summed E-state index contributed by atoms with van der Waals surface area (Å²) in [6.07, 6.45) is 4.81. The molecule has 26 heavy (non-hydrogen) atoms. The van der Waals surface area contributed by atoms with E-state index in [9.17, 15) is 9.59 Å². The van der Waals surface area contributed by atoms with Gasteiger partial charge in [0.2, 0.25) is 5.12 Å². The van der Waals surface area contributed by atoms with Crippen LogP contribution < -0.4 is 10.1 Å². The molecular weight excluding hydrogens is 350 g/mol. The van der Waals surface area contributed by atoms with E-state index in [0.717, 1.165) is 31.2 Å². The van der Waals surface area contributed by atoms with Crippen LogP contribution in [0.15, 0.2) is 18.2 Å². The summed E-state index contributed by atoms with van der Waals surface area (Å²) >= 11 is 1.19. The maximum atomic E-state index is 12.1. The molecule has 1 amide bonds. The van der Waals surface area contributed by atoms with Crippen LogP contribution in [0.3, 0.4) is 0 Å². The smallest absolute Gasteiger partial charge is 0.407 e. The third kappa shape index (κ3) is 6.24. The second kappa shape index (κ2) is 8.80. The number of ether oxygens (including phenoxy) is 2. The summed E-state index contributed by atoms with van der Waals surface area (Å²) in [6.45, 7) is 7.55. The van der Waals surface area contributed by atoms with Gasteiger partial charge in [0.15, 0.2) is 0 Å². The zero-order valence-electron chi connectivity index (χ0n) is 16.3. The second-order valence-corrected chi connectivity index (χ2v) is 8.51. The van der Waals surface area contributed by atoms with Crippen molar-refractivity contribution in [2.45, 2.75) is 71.1 Å². The number of amides is 1. The van der Waals surface area contributed by atoms with E-state index in [1.165, 1.54) is 11.8 Å². The third-order valence-corrected chi connectivity index (χ3v) is 4.82. The molecule has 0 saturated heterocycles. The molecule has 1 N–H and O–H groups in total. The summed E-state index contributed by atoms with van der Waals surface area (Å²) in [5.41, 5.74) is 1.20. The molecule has 5 nitrogen and oxygen atoms in total. The first-order valence-electron chi connectivity index (χ1n) is 9.03. The minimum Gasteiger partial charge on any atom is -0.490 e. The first-order chi connectivity index (χ1) is 12.2. The van der Waals surface area contributed by atoms with Crippen molar-refractivity contribution in [1.82, 2.24) is 5.32 Å². The van der Waals surface area contributed by atoms with Gasteiger partial charge in [0.1, 0.15) is 11.4 Å². The predicted molar refractivity (Wildman–Crippen MR) is 105 cm³/mol. The van der Waals surface area contributed by atoms with Gasteiger partial charge >= 0.3 is 6.09 Å². The van der Waals surface area contributed by atoms with Gasteiger partial charge in [0.05, 0.1) is 11.7 Å². The van der Waals surface area contributed by atoms with Crippen molar-refractivity contribution in [3.8, 4) is 5.75 Å². The maximum Gasteiger partial charge on any atom is 0.407 e. The number of carbonyl (C=O) groups is 2. The Kier molecular flexibility index (Phi) is 6.98. The van der Waals surface area contributed by atoms with E-state index in [1.807, 2.05) is 45.9 Å². The number of carbonyl (C=O) groups excluding carboxylic acids is 2. The molecule has 1 aliphatic rings. The third-order valence-electron chi connectivity index (χ3n) is 4.23. The van der Waals surface area contributed by atoms with Crippen LogP contribution in [0.1, 0.15) is 62.4 Å². The lowest BCUT2D eigenvalue weighted by Crippen LogP contribution is -2.42. The van der Waals surface area contributed by atoms with Gasteiger partial charge in [-0.3, -0.25) is 4.79 Å². The van der Waals surface area contributed by atoms with Crippen LogP contribution in [0.4, 0.5) is 4.79 Å². The minimum atomic E-state index is -0.490. The van der Waals surface area contributed by atoms with Gasteiger partial charge in [-0.2, -0.15) is 0 Å². The minimum absolute atomic E-state index is 0.0141. The highest BCUT2D eigenvalue weighted by atomic mass is 32.2. The monoisotopic (exact) mass is 379 g/mol. The number of benzene rings is 1. The van der Waals surface area contributed by atoms with Gasteiger partial charge in [-0.15, -0.1) is 0 Å². The molecule has 0 aromatic heterocycles. The van der Waals surface area contributed by atoms with Crippen LogP contribution in [0.2, 0.25) is 0 Å². The summed E-state index contributed by atoms with van der Waals surface area (Å²) in [5, 5.41) is 2.95. The topological polar surface area (TPSA) is 64.6 Å². The summed E-state index contributed by atoms with van der Waals surface area (Å²) in [5.74, 6) is 0.660. The number of thioether (sulfide) groups is 1. The molecule has 1 aromatic rings. The number of nitrogens with one attached hydrogen (secondary N) is 1. The van der Waals surface area contributed by atoms with Crippen molar-refractivity contribution in [3.63, 3.8) is 0 Å². The fourth-order valence-electron chi connectivity index (χ4n) is 2.98. The molecule has 1 fully saturated rings. The highest BCUT2D eigenvalue weighted by Crippen LogP contribution is 2.29. The maximum absolute atomic E-state index is 12.1. The fourth-order valence-corrected chi connectivity index (χ4v) is 3.37. The average Bonchev–Trinajstić information content (AvgIpc) is 2.54. The zero-order valence-corrected chi connectivity index (χ0v) is 17.1. The van der Waals surface area contributed by atoms with E-state index < -0.39 is 5.60 Å². The van der Waals surface area contributed by atoms with Crippen LogP contribution in [0.5, 0.6) is 5.75 Å². The molecule has 6 heteroatoms. The lowest BCUT2D eigenvalue weighted by Gasteiger charge is -2.30. The molecule has 0 aliphatic heterocycles. The predicted octanol–water partition coefficient (Wildman–Crippen LogP) is 4.71. The normalized spacial score (nSPS) is 20.3. The van der Waals surface area contributed by atoms with Crippen molar-refractivity contribution in [2.24, 2.45) is 0 Å². The van der Waals surface area contributed by atoms with Gasteiger partial charge in [-0.1, -0.05) is 17.8 Å². The standard InChI is InChI=1S/C20H29NO4S/c1-13-6-11-16(18(22)26-5)17(12-13)24-15-9-7-14(8-10-15)21-19(23)25-20(2,3)4/h6,11-12,14-15H,7-10H2,1-5H3,(H,21,23). The molecule has 0 unspecified atom stereocenters. The molecular formula is C20H29NO4S. The summed E-state index contributed by atoms with van der Waals surface area (Å²) < 4.78 is 11.5. The van der Waals surface area contributed by atoms with E-state index >= 15 is 0 Å². The molecule has 1 aliphatic carbocycles. The lowest BCUT2D eigenvalue weighted by molar-refractivity contribution is 0.0470. The fraction of sp³-hybridized carbons (Fsp3) is 0.600. The van der Waals surface area contributed by atoms with Gasteiger partial charge in [0.25, 0.3) is 0 Å². The van der Waals surface area contributed by atoms with Crippen LogP contribution in [0.25, 0.3) is 0 Å². The molecule has 0 atom stereocenters. The Labute approximate surface area is 160 Å². The van der Waals surface area contributed by atoms with Crippen LogP contribution in [-0.2, 0) is 4.74 Å². The van der Waals surface area contributed by atoms with Crippen LogP contribution in [0, 0.1) is 6.92 Å². The van der Waals surface area contributed by atoms with Gasteiger partial charge in [-0.25, -0.2) is 4.79 Å². The Bertz CT molecular complexity index is 646. The molecule has 1 saturated carbocycles. The molecule has 0 spiro atoms. The summed E-state index contributed by atoms with van der Waals surface area (Å²) in [6, 6.07) is 5.79. The van der Waals surface area contributed by atoms with Gasteiger partial charge in [0, 0.05) is 6.04 Å². The van der Waals surface area contributed by atoms with Crippen molar-refractivity contribution in [1.29, 1.82) is 0 Å². The van der Waals surface area contributed by atoms with E-state index in [4.69, 9.17) is 9.47 Å². The molecule has 0 heterocycles. The van der Waals surface area contributed by atoms with Crippen LogP contribution >= 0.6 is 11.8 Å². The van der Waals surface area contributed by atoms with E-state index in [0.29, 0.717) is 11.3 Å². The average molecular weight is 380 g/mol. The molecule has 144 valence electrons. The first-order valence-corrected chi connectivity index (χ1v) is 10.3. The SMILES string of the molecule is CSC(=O)c1ccc(C)cc1OC1CCC(NC(=O)OC(C)(C)C)CC1. The van der Waals surface area contributed by atoms with Gasteiger partial charge < -0.3 is 14.8 Å². The van der Waals surface area contributed by atoms with Crippen molar-refractivity contribution < 1.29 is 19.1 Å². The van der Waals surface area contributed by atoms with Crippen molar-refractivity contribution >= 4 is 23.0 Å². The Morgan fingerprint density at radius 2 is 1.81 bits per heavy atom. The number of hydrogen-bond donors (Lipinski definition) is 1. The van der Waals surface area contributed by atoms with E-state index in [2.05, 4.69) is 5.32 Å². The number of alkyl carbamates (subject to hydrolysis) is 1. The van der Waals surface area contributed by atoms with E-state index in [1.54, 1.807) is 6.26 Å².